The fourth-order valence-corrected chi connectivity index (χ4v) is 4.31. The molecule has 0 aliphatic carbocycles. The molecule has 1 aliphatic rings. The summed E-state index contributed by atoms with van der Waals surface area (Å²) in [6.45, 7) is 2.50. The van der Waals surface area contributed by atoms with Crippen LogP contribution in [0.3, 0.4) is 0 Å². The lowest BCUT2D eigenvalue weighted by atomic mass is 9.94. The van der Waals surface area contributed by atoms with Crippen molar-refractivity contribution in [3.8, 4) is 0 Å². The van der Waals surface area contributed by atoms with Crippen LogP contribution in [0.15, 0.2) is 23.1 Å². The van der Waals surface area contributed by atoms with E-state index in [-0.39, 0.29) is 11.7 Å². The highest BCUT2D eigenvalue weighted by Gasteiger charge is 2.34. The predicted molar refractivity (Wildman–Crippen MR) is 59.6 cm³/mol. The SMILES string of the molecule is Cc1cccc2c1C(CCN)CS2(=O)=O. The second kappa shape index (κ2) is 3.61. The summed E-state index contributed by atoms with van der Waals surface area (Å²) in [5, 5.41) is 0. The van der Waals surface area contributed by atoms with Crippen LogP contribution in [0.4, 0.5) is 0 Å². The second-order valence-corrected chi connectivity index (χ2v) is 6.05. The number of sulfone groups is 1. The van der Waals surface area contributed by atoms with Gasteiger partial charge in [-0.15, -0.1) is 0 Å². The van der Waals surface area contributed by atoms with E-state index in [0.29, 0.717) is 11.4 Å². The van der Waals surface area contributed by atoms with Crippen molar-refractivity contribution < 1.29 is 8.42 Å². The molecule has 0 spiro atoms. The topological polar surface area (TPSA) is 60.2 Å². The maximum atomic E-state index is 11.8. The quantitative estimate of drug-likeness (QED) is 0.823. The molecule has 1 aromatic rings. The maximum absolute atomic E-state index is 11.8. The fourth-order valence-electron chi connectivity index (χ4n) is 2.31. The van der Waals surface area contributed by atoms with Crippen molar-refractivity contribution in [3.63, 3.8) is 0 Å². The van der Waals surface area contributed by atoms with Gasteiger partial charge in [0.15, 0.2) is 9.84 Å². The molecule has 0 saturated carbocycles. The summed E-state index contributed by atoms with van der Waals surface area (Å²) in [6.07, 6.45) is 0.747. The molecule has 1 unspecified atom stereocenters. The Morgan fingerprint density at radius 2 is 2.20 bits per heavy atom. The molecular formula is C11H15NO2S. The number of fused-ring (bicyclic) bond motifs is 1. The van der Waals surface area contributed by atoms with Gasteiger partial charge < -0.3 is 5.73 Å². The summed E-state index contributed by atoms with van der Waals surface area (Å²) in [6, 6.07) is 5.47. The van der Waals surface area contributed by atoms with E-state index in [9.17, 15) is 8.42 Å². The number of benzene rings is 1. The number of nitrogens with two attached hydrogens (primary N) is 1. The largest absolute Gasteiger partial charge is 0.330 e. The Morgan fingerprint density at radius 1 is 1.47 bits per heavy atom. The van der Waals surface area contributed by atoms with E-state index in [1.165, 1.54) is 0 Å². The molecule has 1 heterocycles. The summed E-state index contributed by atoms with van der Waals surface area (Å²) in [5.41, 5.74) is 7.56. The minimum absolute atomic E-state index is 0.0937. The lowest BCUT2D eigenvalue weighted by Gasteiger charge is -2.10. The Bertz CT molecular complexity index is 479. The van der Waals surface area contributed by atoms with Crippen molar-refractivity contribution in [3.05, 3.63) is 29.3 Å². The molecular weight excluding hydrogens is 210 g/mol. The van der Waals surface area contributed by atoms with Crippen LogP contribution < -0.4 is 5.73 Å². The maximum Gasteiger partial charge on any atom is 0.179 e. The normalized spacial score (nSPS) is 22.7. The Morgan fingerprint density at radius 3 is 2.87 bits per heavy atom. The highest BCUT2D eigenvalue weighted by molar-refractivity contribution is 7.91. The van der Waals surface area contributed by atoms with E-state index in [0.717, 1.165) is 17.5 Å². The molecule has 1 aliphatic heterocycles. The molecule has 1 atom stereocenters. The molecule has 3 nitrogen and oxygen atoms in total. The van der Waals surface area contributed by atoms with Crippen molar-refractivity contribution in [1.82, 2.24) is 0 Å². The highest BCUT2D eigenvalue weighted by atomic mass is 32.2. The minimum atomic E-state index is -3.06. The standard InChI is InChI=1S/C11H15NO2S/c1-8-3-2-4-10-11(8)9(5-6-12)7-15(10,13)14/h2-4,9H,5-7,12H2,1H3. The zero-order chi connectivity index (χ0) is 11.1. The van der Waals surface area contributed by atoms with Crippen LogP contribution in [0.2, 0.25) is 0 Å². The van der Waals surface area contributed by atoms with E-state index in [2.05, 4.69) is 0 Å². The van der Waals surface area contributed by atoms with Crippen molar-refractivity contribution in [2.75, 3.05) is 12.3 Å². The van der Waals surface area contributed by atoms with Crippen LogP contribution in [0.5, 0.6) is 0 Å². The molecule has 4 heteroatoms. The van der Waals surface area contributed by atoms with Gasteiger partial charge in [0.05, 0.1) is 10.6 Å². The van der Waals surface area contributed by atoms with E-state index in [1.54, 1.807) is 12.1 Å². The Kier molecular flexibility index (Phi) is 2.56. The third-order valence-electron chi connectivity index (χ3n) is 2.96. The summed E-state index contributed by atoms with van der Waals surface area (Å²) >= 11 is 0. The Balaban J connectivity index is 2.59. The molecule has 0 bridgehead atoms. The lowest BCUT2D eigenvalue weighted by molar-refractivity contribution is 0.595. The van der Waals surface area contributed by atoms with E-state index in [4.69, 9.17) is 5.73 Å². The van der Waals surface area contributed by atoms with Crippen LogP contribution in [0.1, 0.15) is 23.5 Å². The molecule has 0 aromatic heterocycles. The Labute approximate surface area is 90.2 Å². The van der Waals surface area contributed by atoms with Gasteiger partial charge in [-0.25, -0.2) is 8.42 Å². The lowest BCUT2D eigenvalue weighted by Crippen LogP contribution is -2.09. The van der Waals surface area contributed by atoms with Gasteiger partial charge in [-0.05, 0) is 37.1 Å². The second-order valence-electron chi connectivity index (χ2n) is 4.04. The molecule has 0 fully saturated rings. The zero-order valence-corrected chi connectivity index (χ0v) is 9.55. The molecule has 1 aromatic carbocycles. The van der Waals surface area contributed by atoms with E-state index >= 15 is 0 Å². The number of aryl methyl sites for hydroxylation is 1. The van der Waals surface area contributed by atoms with Crippen LogP contribution >= 0.6 is 0 Å². The molecule has 82 valence electrons. The molecule has 15 heavy (non-hydrogen) atoms. The van der Waals surface area contributed by atoms with Gasteiger partial charge in [0, 0.05) is 5.92 Å². The summed E-state index contributed by atoms with van der Waals surface area (Å²) in [4.78, 5) is 0.515. The van der Waals surface area contributed by atoms with Gasteiger partial charge in [0.25, 0.3) is 0 Å². The van der Waals surface area contributed by atoms with Crippen molar-refractivity contribution in [1.29, 1.82) is 0 Å². The predicted octanol–water partition coefficient (Wildman–Crippen LogP) is 1.21. The average Bonchev–Trinajstić information content (AvgIpc) is 2.41. The van der Waals surface area contributed by atoms with Crippen LogP contribution in [0, 0.1) is 6.92 Å². The van der Waals surface area contributed by atoms with Crippen LogP contribution in [-0.2, 0) is 9.84 Å². The van der Waals surface area contributed by atoms with Gasteiger partial charge in [-0.3, -0.25) is 0 Å². The van der Waals surface area contributed by atoms with Crippen molar-refractivity contribution >= 4 is 9.84 Å². The van der Waals surface area contributed by atoms with Gasteiger partial charge >= 0.3 is 0 Å². The fraction of sp³-hybridized carbons (Fsp3) is 0.455. The van der Waals surface area contributed by atoms with Crippen molar-refractivity contribution in [2.24, 2.45) is 5.73 Å². The number of hydrogen-bond donors (Lipinski definition) is 1. The van der Waals surface area contributed by atoms with Crippen molar-refractivity contribution in [2.45, 2.75) is 24.2 Å². The number of rotatable bonds is 2. The highest BCUT2D eigenvalue weighted by Crippen LogP contribution is 2.38. The van der Waals surface area contributed by atoms with Gasteiger partial charge in [-0.2, -0.15) is 0 Å². The molecule has 0 saturated heterocycles. The first-order valence-electron chi connectivity index (χ1n) is 5.08. The van der Waals surface area contributed by atoms with Crippen LogP contribution in [0.25, 0.3) is 0 Å². The first-order valence-corrected chi connectivity index (χ1v) is 6.74. The Hall–Kier alpha value is -0.870. The molecule has 2 rings (SSSR count). The number of hydrogen-bond acceptors (Lipinski definition) is 3. The summed E-state index contributed by atoms with van der Waals surface area (Å²) in [7, 11) is -3.06. The third kappa shape index (κ3) is 1.68. The first-order chi connectivity index (χ1) is 7.06. The summed E-state index contributed by atoms with van der Waals surface area (Å²) < 4.78 is 23.7. The first kappa shape index (κ1) is 10.6. The third-order valence-corrected chi connectivity index (χ3v) is 4.83. The van der Waals surface area contributed by atoms with Crippen LogP contribution in [-0.4, -0.2) is 20.7 Å². The average molecular weight is 225 g/mol. The molecule has 2 N–H and O–H groups in total. The minimum Gasteiger partial charge on any atom is -0.330 e. The van der Waals surface area contributed by atoms with Gasteiger partial charge in [-0.1, -0.05) is 12.1 Å². The van der Waals surface area contributed by atoms with E-state index < -0.39 is 9.84 Å². The zero-order valence-electron chi connectivity index (χ0n) is 8.73. The van der Waals surface area contributed by atoms with E-state index in [1.807, 2.05) is 13.0 Å². The van der Waals surface area contributed by atoms with Gasteiger partial charge in [0.1, 0.15) is 0 Å². The monoisotopic (exact) mass is 225 g/mol. The smallest absolute Gasteiger partial charge is 0.179 e. The molecule has 0 radical (unpaired) electrons. The van der Waals surface area contributed by atoms with Gasteiger partial charge in [0.2, 0.25) is 0 Å². The summed E-state index contributed by atoms with van der Waals surface area (Å²) in [5.74, 6) is 0.320. The molecule has 0 amide bonds.